The number of fused-ring (bicyclic) bond motifs is 1. The van der Waals surface area contributed by atoms with Crippen molar-refractivity contribution in [1.82, 2.24) is 0 Å². The predicted octanol–water partition coefficient (Wildman–Crippen LogP) is 1.70. The maximum absolute atomic E-state index is 13.0. The maximum Gasteiger partial charge on any atom is 0.184 e. The van der Waals surface area contributed by atoms with Crippen molar-refractivity contribution in [3.63, 3.8) is 0 Å². The lowest BCUT2D eigenvalue weighted by molar-refractivity contribution is -0.896. The van der Waals surface area contributed by atoms with E-state index in [9.17, 15) is 13.6 Å². The molecule has 0 amide bonds. The fraction of sp³-hybridized carbons (Fsp3) is 0.625. The van der Waals surface area contributed by atoms with Crippen LogP contribution in [0.5, 0.6) is 0 Å². The third kappa shape index (κ3) is 2.81. The van der Waals surface area contributed by atoms with Gasteiger partial charge in [0.15, 0.2) is 15.6 Å². The van der Waals surface area contributed by atoms with Crippen molar-refractivity contribution in [2.75, 3.05) is 12.8 Å². The second-order valence-electron chi connectivity index (χ2n) is 7.03. The summed E-state index contributed by atoms with van der Waals surface area (Å²) in [6.45, 7) is 5.37. The number of sulfone groups is 1. The molecule has 0 aliphatic carbocycles. The summed E-state index contributed by atoms with van der Waals surface area (Å²) in [7, 11) is -2.06. The number of benzene rings is 1. The number of likely N-dealkylation sites (N-methyl/N-ethyl adjacent to an activating group) is 1. The highest BCUT2D eigenvalue weighted by atomic mass is 32.2. The average molecular weight is 341 g/mol. The first-order chi connectivity index (χ1) is 10.5. The van der Waals surface area contributed by atoms with Gasteiger partial charge in [-0.15, -0.1) is 0 Å². The minimum Gasteiger partial charge on any atom is -0.632 e. The van der Waals surface area contributed by atoms with E-state index in [1.165, 1.54) is 7.05 Å². The Morgan fingerprint density at radius 1 is 1.17 bits per heavy atom. The first kappa shape index (κ1) is 16.9. The second kappa shape index (κ2) is 5.26. The molecule has 6 nitrogen and oxygen atoms in total. The number of hydrogen-bond acceptors (Lipinski definition) is 5. The third-order valence-electron chi connectivity index (χ3n) is 4.98. The molecule has 1 aromatic rings. The largest absolute Gasteiger partial charge is 0.632 e. The fourth-order valence-electron chi connectivity index (χ4n) is 3.56. The number of likely N-dealkylation sites (tertiary alicyclic amines) is 1. The van der Waals surface area contributed by atoms with Crippen LogP contribution in [0, 0.1) is 5.21 Å². The molecule has 128 valence electrons. The molecule has 2 aliphatic rings. The zero-order valence-corrected chi connectivity index (χ0v) is 14.6. The van der Waals surface area contributed by atoms with Gasteiger partial charge in [-0.3, -0.25) is 0 Å². The van der Waals surface area contributed by atoms with Crippen molar-refractivity contribution in [3.8, 4) is 0 Å². The van der Waals surface area contributed by atoms with E-state index in [-0.39, 0.29) is 22.8 Å². The molecule has 0 N–H and O–H groups in total. The Balaban J connectivity index is 1.92. The fourth-order valence-corrected chi connectivity index (χ4v) is 5.26. The smallest absolute Gasteiger partial charge is 0.184 e. The zero-order valence-electron chi connectivity index (χ0n) is 13.8. The predicted molar refractivity (Wildman–Crippen MR) is 85.1 cm³/mol. The lowest BCUT2D eigenvalue weighted by Gasteiger charge is -2.45. The summed E-state index contributed by atoms with van der Waals surface area (Å²) in [5.74, 6) is -1.04. The molecule has 0 radical (unpaired) electrons. The maximum atomic E-state index is 13.0. The highest BCUT2D eigenvalue weighted by Crippen LogP contribution is 2.43. The van der Waals surface area contributed by atoms with Crippen LogP contribution in [0.15, 0.2) is 35.2 Å². The van der Waals surface area contributed by atoms with Crippen LogP contribution in [-0.4, -0.2) is 55.9 Å². The van der Waals surface area contributed by atoms with Gasteiger partial charge in [-0.05, 0) is 32.9 Å². The molecule has 2 heterocycles. The van der Waals surface area contributed by atoms with Gasteiger partial charge in [-0.25, -0.2) is 8.42 Å². The molecule has 7 heteroatoms. The zero-order chi connectivity index (χ0) is 17.0. The van der Waals surface area contributed by atoms with Gasteiger partial charge < -0.3 is 19.3 Å². The number of quaternary nitrogens is 1. The van der Waals surface area contributed by atoms with Crippen molar-refractivity contribution in [3.05, 3.63) is 35.5 Å². The van der Waals surface area contributed by atoms with Crippen molar-refractivity contribution in [2.45, 2.75) is 55.7 Å². The molecular weight excluding hydrogens is 318 g/mol. The summed E-state index contributed by atoms with van der Waals surface area (Å²) in [6, 6.07) is 7.14. The summed E-state index contributed by atoms with van der Waals surface area (Å²) in [5, 5.41) is 13.0. The molecule has 2 fully saturated rings. The van der Waals surface area contributed by atoms with E-state index in [0.29, 0.717) is 0 Å². The van der Waals surface area contributed by atoms with Crippen LogP contribution in [0.2, 0.25) is 0 Å². The molecule has 0 unspecified atom stereocenters. The van der Waals surface area contributed by atoms with E-state index in [2.05, 4.69) is 0 Å². The first-order valence-corrected chi connectivity index (χ1v) is 9.40. The Morgan fingerprint density at radius 2 is 1.74 bits per heavy atom. The number of hydrogen-bond donors (Lipinski definition) is 0. The van der Waals surface area contributed by atoms with Gasteiger partial charge in [-0.1, -0.05) is 18.2 Å². The topological polar surface area (TPSA) is 75.7 Å². The van der Waals surface area contributed by atoms with Crippen LogP contribution in [0.3, 0.4) is 0 Å². The molecule has 0 spiro atoms. The van der Waals surface area contributed by atoms with Gasteiger partial charge in [-0.2, -0.15) is 0 Å². The van der Waals surface area contributed by atoms with Crippen LogP contribution >= 0.6 is 0 Å². The van der Waals surface area contributed by atoms with Gasteiger partial charge in [0.1, 0.15) is 30.0 Å². The highest BCUT2D eigenvalue weighted by Gasteiger charge is 2.61. The quantitative estimate of drug-likeness (QED) is 0.618. The molecule has 23 heavy (non-hydrogen) atoms. The molecule has 0 bridgehead atoms. The van der Waals surface area contributed by atoms with Gasteiger partial charge in [0, 0.05) is 0 Å². The van der Waals surface area contributed by atoms with E-state index >= 15 is 0 Å². The van der Waals surface area contributed by atoms with Crippen molar-refractivity contribution in [2.24, 2.45) is 0 Å². The molecule has 5 atom stereocenters. The normalized spacial score (nSPS) is 39.3. The summed E-state index contributed by atoms with van der Waals surface area (Å²) in [5.41, 5.74) is 0. The Kier molecular flexibility index (Phi) is 3.85. The molecule has 3 rings (SSSR count). The van der Waals surface area contributed by atoms with Crippen LogP contribution in [-0.2, 0) is 19.3 Å². The lowest BCUT2D eigenvalue weighted by atomic mass is 10.1. The Hall–Kier alpha value is -0.990. The first-order valence-electron chi connectivity index (χ1n) is 7.75. The molecule has 0 aromatic heterocycles. The minimum absolute atomic E-state index is 0.231. The lowest BCUT2D eigenvalue weighted by Crippen LogP contribution is -2.54. The molecule has 2 aliphatic heterocycles. The van der Waals surface area contributed by atoms with Gasteiger partial charge in [0.05, 0.1) is 11.9 Å². The minimum atomic E-state index is -3.57. The van der Waals surface area contributed by atoms with Crippen molar-refractivity contribution < 1.29 is 22.5 Å². The van der Waals surface area contributed by atoms with E-state index in [1.54, 1.807) is 51.1 Å². The van der Waals surface area contributed by atoms with Crippen LogP contribution in [0.4, 0.5) is 0 Å². The monoisotopic (exact) mass is 341 g/mol. The summed E-state index contributed by atoms with van der Waals surface area (Å²) < 4.78 is 36.4. The van der Waals surface area contributed by atoms with E-state index in [4.69, 9.17) is 9.47 Å². The SMILES string of the molecule is C[C@@H]1[C@@H]2OC(C)(C)O[C@@H]2[C@H](CS(=O)(=O)c2ccccc2)[N@+]1(C)[O-]. The van der Waals surface area contributed by atoms with Crippen LogP contribution in [0.1, 0.15) is 20.8 Å². The summed E-state index contributed by atoms with van der Waals surface area (Å²) in [4.78, 5) is 0.231. The van der Waals surface area contributed by atoms with Gasteiger partial charge in [0.2, 0.25) is 0 Å². The van der Waals surface area contributed by atoms with Crippen LogP contribution in [0.25, 0.3) is 0 Å². The van der Waals surface area contributed by atoms with E-state index in [0.717, 1.165) is 0 Å². The van der Waals surface area contributed by atoms with Gasteiger partial charge in [0.25, 0.3) is 0 Å². The third-order valence-corrected chi connectivity index (χ3v) is 6.75. The molecule has 0 saturated carbocycles. The van der Waals surface area contributed by atoms with Crippen molar-refractivity contribution >= 4 is 9.84 Å². The highest BCUT2D eigenvalue weighted by molar-refractivity contribution is 7.91. The molecule has 2 saturated heterocycles. The summed E-state index contributed by atoms with van der Waals surface area (Å²) in [6.07, 6.45) is -0.899. The Bertz CT molecular complexity index is 686. The van der Waals surface area contributed by atoms with E-state index < -0.39 is 32.4 Å². The number of ether oxygens (including phenoxy) is 2. The van der Waals surface area contributed by atoms with Crippen LogP contribution < -0.4 is 0 Å². The standard InChI is InChI=1S/C16H23NO5S/c1-11-14-15(22-16(2,3)21-14)13(17(11,4)18)10-23(19,20)12-8-6-5-7-9-12/h5-9,11,13-15H,10H2,1-4H3/t11-,13+,14+,15-,17-/m1/s1. The Labute approximate surface area is 137 Å². The molecule has 1 aromatic carbocycles. The van der Waals surface area contributed by atoms with Crippen molar-refractivity contribution in [1.29, 1.82) is 0 Å². The van der Waals surface area contributed by atoms with E-state index in [1.807, 2.05) is 0 Å². The summed E-state index contributed by atoms with van der Waals surface area (Å²) >= 11 is 0. The molecular formula is C16H23NO5S. The number of nitrogens with zero attached hydrogens (tertiary/aromatic N) is 1. The average Bonchev–Trinajstić information content (AvgIpc) is 2.86. The number of rotatable bonds is 3. The number of hydroxylamine groups is 3. The van der Waals surface area contributed by atoms with Gasteiger partial charge >= 0.3 is 0 Å². The Morgan fingerprint density at radius 3 is 2.35 bits per heavy atom. The second-order valence-corrected chi connectivity index (χ2v) is 9.06.